The molecule has 2 unspecified atom stereocenters. The Morgan fingerprint density at radius 3 is 2.73 bits per heavy atom. The van der Waals surface area contributed by atoms with Gasteiger partial charge in [-0.05, 0) is 25.0 Å². The van der Waals surface area contributed by atoms with Crippen molar-refractivity contribution in [3.63, 3.8) is 0 Å². The maximum atomic E-state index is 12.7. The van der Waals surface area contributed by atoms with Gasteiger partial charge in [0.25, 0.3) is 0 Å². The van der Waals surface area contributed by atoms with E-state index in [1.807, 2.05) is 6.92 Å². The molecule has 2 atom stereocenters. The van der Waals surface area contributed by atoms with Crippen LogP contribution in [-0.2, 0) is 14.4 Å². The lowest BCUT2D eigenvalue weighted by Crippen LogP contribution is -2.45. The molecule has 8 nitrogen and oxygen atoms in total. The molecular formula is C18H22N2O6. The number of carbonyl (C=O) groups is 3. The second-order valence-electron chi connectivity index (χ2n) is 6.35. The molecular weight excluding hydrogens is 340 g/mol. The number of anilines is 1. The van der Waals surface area contributed by atoms with Gasteiger partial charge in [0.15, 0.2) is 11.5 Å². The fourth-order valence-corrected chi connectivity index (χ4v) is 3.20. The van der Waals surface area contributed by atoms with Crippen molar-refractivity contribution in [3.05, 3.63) is 18.2 Å². The van der Waals surface area contributed by atoms with Crippen LogP contribution in [0.3, 0.4) is 0 Å². The Hall–Kier alpha value is -2.77. The molecule has 26 heavy (non-hydrogen) atoms. The van der Waals surface area contributed by atoms with Crippen molar-refractivity contribution in [1.82, 2.24) is 5.32 Å². The van der Waals surface area contributed by atoms with Gasteiger partial charge in [-0.25, -0.2) is 4.79 Å². The third-order valence-electron chi connectivity index (χ3n) is 4.55. The van der Waals surface area contributed by atoms with Crippen molar-refractivity contribution < 1.29 is 29.0 Å². The summed E-state index contributed by atoms with van der Waals surface area (Å²) in [5.41, 5.74) is 0.637. The molecule has 8 heteroatoms. The average molecular weight is 362 g/mol. The summed E-state index contributed by atoms with van der Waals surface area (Å²) in [6.45, 7) is 3.16. The molecule has 0 saturated carbocycles. The van der Waals surface area contributed by atoms with Crippen molar-refractivity contribution in [3.8, 4) is 11.5 Å². The van der Waals surface area contributed by atoms with Gasteiger partial charge in [0.05, 0.1) is 0 Å². The monoisotopic (exact) mass is 362 g/mol. The lowest BCUT2D eigenvalue weighted by molar-refractivity contribution is -0.143. The minimum atomic E-state index is -1.09. The van der Waals surface area contributed by atoms with Crippen molar-refractivity contribution in [2.45, 2.75) is 32.2 Å². The van der Waals surface area contributed by atoms with Gasteiger partial charge in [0.2, 0.25) is 11.8 Å². The predicted octanol–water partition coefficient (Wildman–Crippen LogP) is 1.18. The number of nitrogens with zero attached hydrogens (tertiary/aromatic N) is 1. The molecule has 0 aliphatic carbocycles. The van der Waals surface area contributed by atoms with Crippen LogP contribution in [0, 0.1) is 5.92 Å². The van der Waals surface area contributed by atoms with Gasteiger partial charge in [-0.3, -0.25) is 9.59 Å². The SMILES string of the molecule is CCCC(NC(=O)C1CCN(c2ccc3c(c2)OCCO3)C1=O)C(=O)O. The number of benzene rings is 1. The summed E-state index contributed by atoms with van der Waals surface area (Å²) in [5, 5.41) is 11.6. The Morgan fingerprint density at radius 2 is 2.04 bits per heavy atom. The van der Waals surface area contributed by atoms with E-state index in [1.165, 1.54) is 4.90 Å². The zero-order valence-corrected chi connectivity index (χ0v) is 14.6. The molecule has 2 aliphatic rings. The number of aliphatic carboxylic acids is 1. The number of amides is 2. The van der Waals surface area contributed by atoms with Gasteiger partial charge < -0.3 is 24.8 Å². The third-order valence-corrected chi connectivity index (χ3v) is 4.55. The molecule has 0 spiro atoms. The fraction of sp³-hybridized carbons (Fsp3) is 0.500. The van der Waals surface area contributed by atoms with Crippen LogP contribution in [0.15, 0.2) is 18.2 Å². The van der Waals surface area contributed by atoms with Crippen molar-refractivity contribution in [2.24, 2.45) is 5.92 Å². The van der Waals surface area contributed by atoms with Gasteiger partial charge in [-0.2, -0.15) is 0 Å². The van der Waals surface area contributed by atoms with E-state index in [2.05, 4.69) is 5.32 Å². The highest BCUT2D eigenvalue weighted by molar-refractivity contribution is 6.10. The summed E-state index contributed by atoms with van der Waals surface area (Å²) in [6.07, 6.45) is 1.30. The highest BCUT2D eigenvalue weighted by atomic mass is 16.6. The van der Waals surface area contributed by atoms with Crippen LogP contribution in [0.1, 0.15) is 26.2 Å². The zero-order valence-electron chi connectivity index (χ0n) is 14.6. The van der Waals surface area contributed by atoms with Gasteiger partial charge in [0, 0.05) is 18.3 Å². The number of fused-ring (bicyclic) bond motifs is 1. The van der Waals surface area contributed by atoms with E-state index in [1.54, 1.807) is 18.2 Å². The number of rotatable bonds is 6. The van der Waals surface area contributed by atoms with Crippen LogP contribution >= 0.6 is 0 Å². The minimum absolute atomic E-state index is 0.327. The second-order valence-corrected chi connectivity index (χ2v) is 6.35. The Morgan fingerprint density at radius 1 is 1.31 bits per heavy atom. The number of carboxylic acids is 1. The normalized spacial score (nSPS) is 20.0. The Kier molecular flexibility index (Phi) is 5.29. The second kappa shape index (κ2) is 7.63. The largest absolute Gasteiger partial charge is 0.486 e. The summed E-state index contributed by atoms with van der Waals surface area (Å²) in [7, 11) is 0. The van der Waals surface area contributed by atoms with E-state index < -0.39 is 23.8 Å². The molecule has 1 saturated heterocycles. The summed E-state index contributed by atoms with van der Waals surface area (Å²) in [5.74, 6) is -1.62. The van der Waals surface area contributed by atoms with Crippen molar-refractivity contribution in [1.29, 1.82) is 0 Å². The van der Waals surface area contributed by atoms with E-state index in [9.17, 15) is 14.4 Å². The molecule has 2 heterocycles. The predicted molar refractivity (Wildman–Crippen MR) is 92.4 cm³/mol. The van der Waals surface area contributed by atoms with Crippen LogP contribution in [0.25, 0.3) is 0 Å². The van der Waals surface area contributed by atoms with Gasteiger partial charge in [-0.15, -0.1) is 0 Å². The maximum Gasteiger partial charge on any atom is 0.326 e. The summed E-state index contributed by atoms with van der Waals surface area (Å²) in [4.78, 5) is 37.8. The minimum Gasteiger partial charge on any atom is -0.486 e. The number of hydrogen-bond donors (Lipinski definition) is 2. The first-order valence-electron chi connectivity index (χ1n) is 8.75. The van der Waals surface area contributed by atoms with Crippen LogP contribution in [0.5, 0.6) is 11.5 Å². The molecule has 2 aliphatic heterocycles. The Labute approximate surface area is 151 Å². The fourth-order valence-electron chi connectivity index (χ4n) is 3.20. The summed E-state index contributed by atoms with van der Waals surface area (Å²) in [6, 6.07) is 4.25. The number of carboxylic acid groups (broad SMARTS) is 1. The first-order valence-corrected chi connectivity index (χ1v) is 8.75. The summed E-state index contributed by atoms with van der Waals surface area (Å²) < 4.78 is 11.0. The van der Waals surface area contributed by atoms with E-state index in [-0.39, 0.29) is 5.91 Å². The Bertz CT molecular complexity index is 720. The van der Waals surface area contributed by atoms with Gasteiger partial charge in [-0.1, -0.05) is 13.3 Å². The number of carbonyl (C=O) groups excluding carboxylic acids is 2. The third kappa shape index (κ3) is 3.58. The first-order chi connectivity index (χ1) is 12.5. The van der Waals surface area contributed by atoms with E-state index >= 15 is 0 Å². The van der Waals surface area contributed by atoms with Crippen LogP contribution in [0.4, 0.5) is 5.69 Å². The molecule has 2 N–H and O–H groups in total. The summed E-state index contributed by atoms with van der Waals surface area (Å²) >= 11 is 0. The standard InChI is InChI=1S/C18H22N2O6/c1-2-3-13(18(23)24)19-16(21)12-6-7-20(17(12)22)11-4-5-14-15(10-11)26-9-8-25-14/h4-5,10,12-13H,2-3,6-9H2,1H3,(H,19,21)(H,23,24). The lowest BCUT2D eigenvalue weighted by atomic mass is 10.1. The van der Waals surface area contributed by atoms with E-state index in [4.69, 9.17) is 14.6 Å². The van der Waals surface area contributed by atoms with Crippen molar-refractivity contribution in [2.75, 3.05) is 24.7 Å². The lowest BCUT2D eigenvalue weighted by Gasteiger charge is -2.22. The van der Waals surface area contributed by atoms with E-state index in [0.29, 0.717) is 56.2 Å². The molecule has 0 aromatic heterocycles. The topological polar surface area (TPSA) is 105 Å². The Balaban J connectivity index is 1.69. The quantitative estimate of drug-likeness (QED) is 0.736. The van der Waals surface area contributed by atoms with Crippen LogP contribution in [0.2, 0.25) is 0 Å². The number of nitrogens with one attached hydrogen (secondary N) is 1. The zero-order chi connectivity index (χ0) is 18.7. The highest BCUT2D eigenvalue weighted by Gasteiger charge is 2.39. The number of hydrogen-bond acceptors (Lipinski definition) is 5. The van der Waals surface area contributed by atoms with Crippen LogP contribution in [-0.4, -0.2) is 48.7 Å². The maximum absolute atomic E-state index is 12.7. The molecule has 1 fully saturated rings. The smallest absolute Gasteiger partial charge is 0.326 e. The van der Waals surface area contributed by atoms with Crippen molar-refractivity contribution >= 4 is 23.5 Å². The van der Waals surface area contributed by atoms with Gasteiger partial charge >= 0.3 is 5.97 Å². The molecule has 0 bridgehead atoms. The first kappa shape index (κ1) is 18.0. The van der Waals surface area contributed by atoms with E-state index in [0.717, 1.165) is 0 Å². The molecule has 2 amide bonds. The molecule has 1 aromatic carbocycles. The molecule has 1 aromatic rings. The average Bonchev–Trinajstić information content (AvgIpc) is 3.02. The molecule has 0 radical (unpaired) electrons. The highest BCUT2D eigenvalue weighted by Crippen LogP contribution is 2.36. The van der Waals surface area contributed by atoms with Gasteiger partial charge in [0.1, 0.15) is 25.2 Å². The number of ether oxygens (including phenoxy) is 2. The van der Waals surface area contributed by atoms with Crippen LogP contribution < -0.4 is 19.7 Å². The molecule has 3 rings (SSSR count). The molecule has 140 valence electrons.